The first kappa shape index (κ1) is 18.6. The number of carbonyl (C=O) groups excluding carboxylic acids is 2. The molecule has 2 aromatic rings. The minimum atomic E-state index is -1.26. The Balaban J connectivity index is 1.96. The maximum absolute atomic E-state index is 13.1. The van der Waals surface area contributed by atoms with E-state index in [0.717, 1.165) is 0 Å². The maximum atomic E-state index is 13.1. The van der Waals surface area contributed by atoms with Crippen molar-refractivity contribution < 1.29 is 35.1 Å². The lowest BCUT2D eigenvalue weighted by Crippen LogP contribution is -2.37. The summed E-state index contributed by atoms with van der Waals surface area (Å²) in [5.41, 5.74) is -0.894. The van der Waals surface area contributed by atoms with Gasteiger partial charge in [-0.3, -0.25) is 9.59 Å². The van der Waals surface area contributed by atoms with Crippen LogP contribution in [0, 0.1) is 0 Å². The number of phenols is 2. The van der Waals surface area contributed by atoms with Crippen molar-refractivity contribution in [2.75, 3.05) is 6.61 Å². The minimum absolute atomic E-state index is 0.0322. The van der Waals surface area contributed by atoms with E-state index in [2.05, 4.69) is 0 Å². The highest BCUT2D eigenvalue weighted by atomic mass is 16.3. The molecule has 0 saturated carbocycles. The molecule has 146 valence electrons. The van der Waals surface area contributed by atoms with Gasteiger partial charge in [0.25, 0.3) is 0 Å². The Labute approximate surface area is 160 Å². The molecule has 0 saturated heterocycles. The Morgan fingerprint density at radius 1 is 0.929 bits per heavy atom. The van der Waals surface area contributed by atoms with E-state index in [-0.39, 0.29) is 71.4 Å². The number of aliphatic hydroxyl groups is 3. The molecular weight excluding hydrogens is 364 g/mol. The molecule has 2 aliphatic rings. The Bertz CT molecular complexity index is 1020. The SMILES string of the molecule is O=C1c2cccc(CO)c2C(=O)c2c(O)c3c(c(O)c21)C[C@@](O)(CCO)CC3. The number of hydrogen-bond acceptors (Lipinski definition) is 7. The van der Waals surface area contributed by atoms with Crippen LogP contribution in [0.1, 0.15) is 61.4 Å². The standard InChI is InChI=1S/C21H20O7/c22-7-6-21(28)5-4-11-13(8-21)19(26)15-16(17(11)24)20(27)14-10(9-23)2-1-3-12(14)18(15)25/h1-3,22-24,26,28H,4-9H2/t21-/m0/s1. The predicted octanol–water partition coefficient (Wildman–Crippen LogP) is 0.968. The number of rotatable bonds is 3. The van der Waals surface area contributed by atoms with Gasteiger partial charge in [0.15, 0.2) is 11.6 Å². The van der Waals surface area contributed by atoms with Crippen molar-refractivity contribution in [3.8, 4) is 11.5 Å². The van der Waals surface area contributed by atoms with Crippen molar-refractivity contribution >= 4 is 11.6 Å². The van der Waals surface area contributed by atoms with E-state index in [1.807, 2.05) is 0 Å². The molecule has 2 aliphatic carbocycles. The topological polar surface area (TPSA) is 135 Å². The molecule has 1 atom stereocenters. The summed E-state index contributed by atoms with van der Waals surface area (Å²) in [4.78, 5) is 26.2. The number of fused-ring (bicyclic) bond motifs is 3. The highest BCUT2D eigenvalue weighted by Crippen LogP contribution is 2.47. The lowest BCUT2D eigenvalue weighted by molar-refractivity contribution is 0.00271. The number of hydrogen-bond donors (Lipinski definition) is 5. The molecule has 4 rings (SSSR count). The summed E-state index contributed by atoms with van der Waals surface area (Å²) in [6.07, 6.45) is 0.487. The quantitative estimate of drug-likeness (QED) is 0.425. The van der Waals surface area contributed by atoms with Crippen molar-refractivity contribution in [2.45, 2.75) is 37.9 Å². The summed E-state index contributed by atoms with van der Waals surface area (Å²) in [5, 5.41) is 51.0. The van der Waals surface area contributed by atoms with Crippen LogP contribution in [-0.4, -0.2) is 49.3 Å². The Morgan fingerprint density at radius 3 is 2.29 bits per heavy atom. The van der Waals surface area contributed by atoms with Crippen LogP contribution in [0.4, 0.5) is 0 Å². The summed E-state index contributed by atoms with van der Waals surface area (Å²) in [7, 11) is 0. The minimum Gasteiger partial charge on any atom is -0.507 e. The Morgan fingerprint density at radius 2 is 1.61 bits per heavy atom. The van der Waals surface area contributed by atoms with Crippen molar-refractivity contribution in [3.63, 3.8) is 0 Å². The Kier molecular flexibility index (Phi) is 4.26. The van der Waals surface area contributed by atoms with Gasteiger partial charge in [-0.1, -0.05) is 18.2 Å². The molecule has 7 nitrogen and oxygen atoms in total. The van der Waals surface area contributed by atoms with E-state index < -0.39 is 29.5 Å². The third kappa shape index (κ3) is 2.47. The summed E-state index contributed by atoms with van der Waals surface area (Å²) in [5.74, 6) is -2.03. The molecule has 0 bridgehead atoms. The fourth-order valence-electron chi connectivity index (χ4n) is 4.37. The van der Waals surface area contributed by atoms with Crippen LogP contribution in [0.5, 0.6) is 11.5 Å². The largest absolute Gasteiger partial charge is 0.507 e. The van der Waals surface area contributed by atoms with Gasteiger partial charge in [-0.05, 0) is 24.8 Å². The molecule has 0 heterocycles. The molecule has 2 aromatic carbocycles. The first-order valence-electron chi connectivity index (χ1n) is 9.08. The maximum Gasteiger partial charge on any atom is 0.198 e. The molecule has 0 amide bonds. The summed E-state index contributed by atoms with van der Waals surface area (Å²) in [6.45, 7) is -0.679. The normalized spacial score (nSPS) is 20.5. The van der Waals surface area contributed by atoms with Gasteiger partial charge in [-0.15, -0.1) is 0 Å². The molecule has 0 aromatic heterocycles. The Hall–Kier alpha value is -2.74. The number of aromatic hydroxyl groups is 2. The molecule has 28 heavy (non-hydrogen) atoms. The monoisotopic (exact) mass is 384 g/mol. The van der Waals surface area contributed by atoms with E-state index >= 15 is 0 Å². The average molecular weight is 384 g/mol. The first-order chi connectivity index (χ1) is 13.3. The van der Waals surface area contributed by atoms with E-state index in [9.17, 15) is 35.1 Å². The average Bonchev–Trinajstić information content (AvgIpc) is 2.68. The molecule has 0 aliphatic heterocycles. The van der Waals surface area contributed by atoms with Gasteiger partial charge in [0.05, 0.1) is 23.3 Å². The molecular formula is C21H20O7. The molecule has 7 heteroatoms. The number of carbonyl (C=O) groups is 2. The number of aliphatic hydroxyl groups excluding tert-OH is 2. The van der Waals surface area contributed by atoms with Crippen LogP contribution in [0.3, 0.4) is 0 Å². The van der Waals surface area contributed by atoms with E-state index in [0.29, 0.717) is 5.56 Å². The van der Waals surface area contributed by atoms with Crippen LogP contribution in [0.2, 0.25) is 0 Å². The third-order valence-corrected chi connectivity index (χ3v) is 5.83. The molecule has 0 unspecified atom stereocenters. The fourth-order valence-corrected chi connectivity index (χ4v) is 4.37. The highest BCUT2D eigenvalue weighted by molar-refractivity contribution is 6.31. The van der Waals surface area contributed by atoms with Crippen molar-refractivity contribution in [1.82, 2.24) is 0 Å². The van der Waals surface area contributed by atoms with Gasteiger partial charge >= 0.3 is 0 Å². The second-order valence-electron chi connectivity index (χ2n) is 7.44. The van der Waals surface area contributed by atoms with Gasteiger partial charge in [-0.2, -0.15) is 0 Å². The van der Waals surface area contributed by atoms with Crippen molar-refractivity contribution in [2.24, 2.45) is 0 Å². The molecule has 0 radical (unpaired) electrons. The van der Waals surface area contributed by atoms with Crippen LogP contribution in [0.15, 0.2) is 18.2 Å². The second-order valence-corrected chi connectivity index (χ2v) is 7.44. The van der Waals surface area contributed by atoms with Crippen molar-refractivity contribution in [3.05, 3.63) is 57.1 Å². The van der Waals surface area contributed by atoms with Gasteiger partial charge in [0.2, 0.25) is 0 Å². The summed E-state index contributed by atoms with van der Waals surface area (Å²) in [6, 6.07) is 4.50. The van der Waals surface area contributed by atoms with Crippen LogP contribution in [-0.2, 0) is 19.4 Å². The van der Waals surface area contributed by atoms with Gasteiger partial charge in [0, 0.05) is 35.3 Å². The third-order valence-electron chi connectivity index (χ3n) is 5.83. The zero-order valence-electron chi connectivity index (χ0n) is 15.0. The van der Waals surface area contributed by atoms with Crippen LogP contribution >= 0.6 is 0 Å². The van der Waals surface area contributed by atoms with Crippen molar-refractivity contribution in [1.29, 1.82) is 0 Å². The highest BCUT2D eigenvalue weighted by Gasteiger charge is 2.42. The molecule has 0 fully saturated rings. The second kappa shape index (κ2) is 6.41. The van der Waals surface area contributed by atoms with E-state index in [4.69, 9.17) is 0 Å². The lowest BCUT2D eigenvalue weighted by Gasteiger charge is -2.35. The zero-order chi connectivity index (χ0) is 20.2. The van der Waals surface area contributed by atoms with Crippen LogP contribution in [0.25, 0.3) is 0 Å². The van der Waals surface area contributed by atoms with E-state index in [1.54, 1.807) is 0 Å². The first-order valence-corrected chi connectivity index (χ1v) is 9.08. The zero-order valence-corrected chi connectivity index (χ0v) is 15.0. The van der Waals surface area contributed by atoms with Gasteiger partial charge in [-0.25, -0.2) is 0 Å². The smallest absolute Gasteiger partial charge is 0.198 e. The molecule has 0 spiro atoms. The molecule has 5 N–H and O–H groups in total. The van der Waals surface area contributed by atoms with Gasteiger partial charge < -0.3 is 25.5 Å². The predicted molar refractivity (Wildman–Crippen MR) is 97.7 cm³/mol. The summed E-state index contributed by atoms with van der Waals surface area (Å²) >= 11 is 0. The van der Waals surface area contributed by atoms with E-state index in [1.165, 1.54) is 18.2 Å². The number of benzene rings is 2. The van der Waals surface area contributed by atoms with Gasteiger partial charge in [0.1, 0.15) is 11.5 Å². The number of phenolic OH excluding ortho intramolecular Hbond substituents is 2. The number of ketones is 2. The fraction of sp³-hybridized carbons (Fsp3) is 0.333. The van der Waals surface area contributed by atoms with Crippen LogP contribution < -0.4 is 0 Å². The lowest BCUT2D eigenvalue weighted by atomic mass is 9.73. The summed E-state index contributed by atoms with van der Waals surface area (Å²) < 4.78 is 0.